The molecule has 3 nitrogen and oxygen atoms in total. The molecule has 2 rings (SSSR count). The summed E-state index contributed by atoms with van der Waals surface area (Å²) >= 11 is 0. The van der Waals surface area contributed by atoms with Gasteiger partial charge in [-0.05, 0) is 30.2 Å². The van der Waals surface area contributed by atoms with Gasteiger partial charge in [-0.15, -0.1) is 0 Å². The number of aromatic nitrogens is 1. The first-order chi connectivity index (χ1) is 9.29. The summed E-state index contributed by atoms with van der Waals surface area (Å²) in [4.78, 5) is 14.4. The van der Waals surface area contributed by atoms with E-state index >= 15 is 0 Å². The molecule has 1 aromatic heterocycles. The lowest BCUT2D eigenvalue weighted by molar-refractivity contribution is -0.141. The van der Waals surface area contributed by atoms with Crippen LogP contribution in [0.3, 0.4) is 0 Å². The van der Waals surface area contributed by atoms with Crippen molar-refractivity contribution in [3.8, 4) is 11.1 Å². The zero-order valence-corrected chi connectivity index (χ0v) is 10.4. The molecule has 0 amide bonds. The average molecular weight is 281 g/mol. The molecule has 0 atom stereocenters. The van der Waals surface area contributed by atoms with Crippen LogP contribution in [0, 0.1) is 6.92 Å². The number of halogens is 3. The predicted molar refractivity (Wildman–Crippen MR) is 66.4 cm³/mol. The van der Waals surface area contributed by atoms with Crippen LogP contribution in [0.15, 0.2) is 36.5 Å². The summed E-state index contributed by atoms with van der Waals surface area (Å²) in [7, 11) is 0. The second-order valence-electron chi connectivity index (χ2n) is 4.26. The van der Waals surface area contributed by atoms with Gasteiger partial charge in [-0.2, -0.15) is 13.2 Å². The molecular weight excluding hydrogens is 271 g/mol. The van der Waals surface area contributed by atoms with E-state index in [-0.39, 0.29) is 5.56 Å². The molecule has 0 aliphatic carbocycles. The van der Waals surface area contributed by atoms with E-state index in [1.54, 1.807) is 19.1 Å². The number of pyridine rings is 1. The maximum atomic E-state index is 12.4. The third kappa shape index (κ3) is 2.79. The molecule has 6 heteroatoms. The molecule has 0 saturated heterocycles. The Labute approximate surface area is 112 Å². The summed E-state index contributed by atoms with van der Waals surface area (Å²) in [6, 6.07) is 6.81. The van der Waals surface area contributed by atoms with Crippen LogP contribution < -0.4 is 0 Å². The fourth-order valence-corrected chi connectivity index (χ4v) is 1.76. The van der Waals surface area contributed by atoms with E-state index in [1.165, 1.54) is 12.1 Å². The molecule has 0 bridgehead atoms. The van der Waals surface area contributed by atoms with Gasteiger partial charge in [0.2, 0.25) is 0 Å². The van der Waals surface area contributed by atoms with Crippen LogP contribution in [0.4, 0.5) is 13.2 Å². The lowest BCUT2D eigenvalue weighted by Crippen LogP contribution is -2.07. The third-order valence-electron chi connectivity index (χ3n) is 2.86. The van der Waals surface area contributed by atoms with Crippen LogP contribution in [-0.2, 0) is 6.18 Å². The topological polar surface area (TPSA) is 50.2 Å². The number of carboxylic acids is 1. The first-order valence-corrected chi connectivity index (χ1v) is 5.66. The number of carboxylic acid groups (broad SMARTS) is 1. The fraction of sp³-hybridized carbons (Fsp3) is 0.143. The SMILES string of the molecule is Cc1ccc(-c2ccc(C(F)(F)F)nc2)cc1C(=O)O. The van der Waals surface area contributed by atoms with Gasteiger partial charge < -0.3 is 5.11 Å². The minimum absolute atomic E-state index is 0.113. The van der Waals surface area contributed by atoms with Crippen molar-refractivity contribution in [3.63, 3.8) is 0 Å². The third-order valence-corrected chi connectivity index (χ3v) is 2.86. The lowest BCUT2D eigenvalue weighted by Gasteiger charge is -2.08. The number of alkyl halides is 3. The van der Waals surface area contributed by atoms with Crippen molar-refractivity contribution in [1.82, 2.24) is 4.98 Å². The van der Waals surface area contributed by atoms with Gasteiger partial charge in [0.05, 0.1) is 5.56 Å². The Morgan fingerprint density at radius 3 is 2.30 bits per heavy atom. The Hall–Kier alpha value is -2.37. The highest BCUT2D eigenvalue weighted by atomic mass is 19.4. The van der Waals surface area contributed by atoms with Crippen LogP contribution in [0.1, 0.15) is 21.6 Å². The number of nitrogens with zero attached hydrogens (tertiary/aromatic N) is 1. The molecule has 0 radical (unpaired) electrons. The normalized spacial score (nSPS) is 11.4. The van der Waals surface area contributed by atoms with E-state index in [0.717, 1.165) is 12.3 Å². The van der Waals surface area contributed by atoms with E-state index in [4.69, 9.17) is 5.11 Å². The summed E-state index contributed by atoms with van der Waals surface area (Å²) in [6.45, 7) is 1.65. The van der Waals surface area contributed by atoms with Crippen LogP contribution in [0.2, 0.25) is 0 Å². The molecule has 0 aliphatic heterocycles. The van der Waals surface area contributed by atoms with Gasteiger partial charge in [0.25, 0.3) is 0 Å². The van der Waals surface area contributed by atoms with Crippen molar-refractivity contribution >= 4 is 5.97 Å². The fourth-order valence-electron chi connectivity index (χ4n) is 1.76. The summed E-state index contributed by atoms with van der Waals surface area (Å²) in [6.07, 6.45) is -3.41. The summed E-state index contributed by atoms with van der Waals surface area (Å²) in [5, 5.41) is 9.02. The number of rotatable bonds is 2. The van der Waals surface area contributed by atoms with E-state index in [2.05, 4.69) is 4.98 Å². The molecule has 1 aromatic carbocycles. The van der Waals surface area contributed by atoms with Crippen molar-refractivity contribution in [2.75, 3.05) is 0 Å². The maximum absolute atomic E-state index is 12.4. The van der Waals surface area contributed by atoms with Gasteiger partial charge in [0.1, 0.15) is 5.69 Å². The van der Waals surface area contributed by atoms with Gasteiger partial charge >= 0.3 is 12.1 Å². The zero-order chi connectivity index (χ0) is 14.9. The van der Waals surface area contributed by atoms with Crippen molar-refractivity contribution < 1.29 is 23.1 Å². The predicted octanol–water partition coefficient (Wildman–Crippen LogP) is 3.77. The van der Waals surface area contributed by atoms with E-state index in [0.29, 0.717) is 16.7 Å². The molecule has 2 aromatic rings. The second-order valence-corrected chi connectivity index (χ2v) is 4.26. The number of benzene rings is 1. The number of aryl methyl sites for hydroxylation is 1. The first-order valence-electron chi connectivity index (χ1n) is 5.66. The Bertz CT molecular complexity index is 648. The highest BCUT2D eigenvalue weighted by molar-refractivity contribution is 5.91. The average Bonchev–Trinajstić information content (AvgIpc) is 2.38. The minimum atomic E-state index is -4.49. The van der Waals surface area contributed by atoms with Crippen LogP contribution in [0.25, 0.3) is 11.1 Å². The molecule has 1 heterocycles. The molecule has 0 unspecified atom stereocenters. The van der Waals surface area contributed by atoms with Crippen LogP contribution in [-0.4, -0.2) is 16.1 Å². The van der Waals surface area contributed by atoms with Crippen molar-refractivity contribution in [1.29, 1.82) is 0 Å². The van der Waals surface area contributed by atoms with Crippen LogP contribution in [0.5, 0.6) is 0 Å². The van der Waals surface area contributed by atoms with Crippen molar-refractivity contribution in [3.05, 3.63) is 53.3 Å². The van der Waals surface area contributed by atoms with Gasteiger partial charge in [-0.25, -0.2) is 4.79 Å². The quantitative estimate of drug-likeness (QED) is 0.911. The number of hydrogen-bond donors (Lipinski definition) is 1. The molecular formula is C14H10F3NO2. The standard InChI is InChI=1S/C14H10F3NO2/c1-8-2-3-9(6-11(8)13(19)20)10-4-5-12(18-7-10)14(15,16)17/h2-7H,1H3,(H,19,20). The lowest BCUT2D eigenvalue weighted by atomic mass is 10.0. The summed E-state index contributed by atoms with van der Waals surface area (Å²) < 4.78 is 37.2. The zero-order valence-electron chi connectivity index (χ0n) is 10.4. The number of hydrogen-bond acceptors (Lipinski definition) is 2. The van der Waals surface area contributed by atoms with E-state index in [1.807, 2.05) is 0 Å². The Balaban J connectivity index is 2.42. The molecule has 1 N–H and O–H groups in total. The maximum Gasteiger partial charge on any atom is 0.433 e. The van der Waals surface area contributed by atoms with Gasteiger partial charge in [-0.1, -0.05) is 18.2 Å². The first kappa shape index (κ1) is 14.0. The Morgan fingerprint density at radius 2 is 1.80 bits per heavy atom. The monoisotopic (exact) mass is 281 g/mol. The van der Waals surface area contributed by atoms with Crippen molar-refractivity contribution in [2.24, 2.45) is 0 Å². The molecule has 20 heavy (non-hydrogen) atoms. The van der Waals surface area contributed by atoms with Gasteiger partial charge in [0.15, 0.2) is 0 Å². The van der Waals surface area contributed by atoms with E-state index in [9.17, 15) is 18.0 Å². The van der Waals surface area contributed by atoms with E-state index < -0.39 is 17.8 Å². The largest absolute Gasteiger partial charge is 0.478 e. The highest BCUT2D eigenvalue weighted by Crippen LogP contribution is 2.29. The molecule has 0 spiro atoms. The molecule has 0 aliphatic rings. The second kappa shape index (κ2) is 4.96. The Morgan fingerprint density at radius 1 is 1.15 bits per heavy atom. The van der Waals surface area contributed by atoms with Crippen LogP contribution >= 0.6 is 0 Å². The highest BCUT2D eigenvalue weighted by Gasteiger charge is 2.32. The smallest absolute Gasteiger partial charge is 0.433 e. The van der Waals surface area contributed by atoms with Crippen molar-refractivity contribution in [2.45, 2.75) is 13.1 Å². The number of carbonyl (C=O) groups is 1. The van der Waals surface area contributed by atoms with Gasteiger partial charge in [-0.3, -0.25) is 4.98 Å². The summed E-state index contributed by atoms with van der Waals surface area (Å²) in [5.41, 5.74) is 0.657. The molecule has 0 fully saturated rings. The Kier molecular flexibility index (Phi) is 3.48. The minimum Gasteiger partial charge on any atom is -0.478 e. The molecule has 104 valence electrons. The van der Waals surface area contributed by atoms with Gasteiger partial charge in [0, 0.05) is 11.8 Å². The molecule has 0 saturated carbocycles. The number of aromatic carboxylic acids is 1. The summed E-state index contributed by atoms with van der Waals surface area (Å²) in [5.74, 6) is -1.08.